The summed E-state index contributed by atoms with van der Waals surface area (Å²) in [6.45, 7) is 0. The highest BCUT2D eigenvalue weighted by Crippen LogP contribution is 2.27. The molecule has 32 heavy (non-hydrogen) atoms. The maximum atomic E-state index is 13.0. The smallest absolute Gasteiger partial charge is 0.272 e. The third-order valence-corrected chi connectivity index (χ3v) is 4.79. The second-order valence-electron chi connectivity index (χ2n) is 6.86. The van der Waals surface area contributed by atoms with Gasteiger partial charge in [-0.15, -0.1) is 0 Å². The van der Waals surface area contributed by atoms with Gasteiger partial charge < -0.3 is 4.74 Å². The lowest BCUT2D eigenvalue weighted by atomic mass is 10.0. The molecule has 0 fully saturated rings. The number of hydrazone groups is 1. The number of amides is 1. The fraction of sp³-hybridized carbons (Fsp3) is 0.0417. The standard InChI is InChI=1S/C24H18N4O4/c1-32-19-10-11-22-20(13-19)21(14-23(26-22)17-7-3-2-4-8-17)24(29)27-25-15-16-6-5-9-18(12-16)28(30)31/h2-15H,1H3,(H,27,29). The van der Waals surface area contributed by atoms with Crippen LogP contribution < -0.4 is 10.2 Å². The molecule has 4 aromatic rings. The van der Waals surface area contributed by atoms with Gasteiger partial charge in [-0.1, -0.05) is 42.5 Å². The summed E-state index contributed by atoms with van der Waals surface area (Å²) in [6, 6.07) is 22.5. The van der Waals surface area contributed by atoms with Crippen molar-refractivity contribution >= 4 is 28.7 Å². The number of hydrogen-bond acceptors (Lipinski definition) is 6. The largest absolute Gasteiger partial charge is 0.497 e. The number of non-ortho nitro benzene ring substituents is 1. The first-order valence-corrected chi connectivity index (χ1v) is 9.67. The normalized spacial score (nSPS) is 10.9. The number of fused-ring (bicyclic) bond motifs is 1. The van der Waals surface area contributed by atoms with Crippen molar-refractivity contribution in [3.8, 4) is 17.0 Å². The van der Waals surface area contributed by atoms with Crippen LogP contribution in [0.1, 0.15) is 15.9 Å². The fourth-order valence-electron chi connectivity index (χ4n) is 3.22. The van der Waals surface area contributed by atoms with Gasteiger partial charge in [-0.2, -0.15) is 5.10 Å². The van der Waals surface area contributed by atoms with Gasteiger partial charge in [0, 0.05) is 28.6 Å². The van der Waals surface area contributed by atoms with E-state index in [9.17, 15) is 14.9 Å². The van der Waals surface area contributed by atoms with E-state index in [1.54, 1.807) is 43.5 Å². The van der Waals surface area contributed by atoms with Crippen molar-refractivity contribution in [1.82, 2.24) is 10.4 Å². The molecular formula is C24H18N4O4. The maximum absolute atomic E-state index is 13.0. The summed E-state index contributed by atoms with van der Waals surface area (Å²) in [6.07, 6.45) is 1.35. The molecule has 0 spiro atoms. The van der Waals surface area contributed by atoms with Crippen LogP contribution >= 0.6 is 0 Å². The summed E-state index contributed by atoms with van der Waals surface area (Å²) >= 11 is 0. The molecule has 1 aromatic heterocycles. The van der Waals surface area contributed by atoms with Gasteiger partial charge in [0.1, 0.15) is 5.75 Å². The summed E-state index contributed by atoms with van der Waals surface area (Å²) in [5.41, 5.74) is 5.47. The van der Waals surface area contributed by atoms with E-state index in [2.05, 4.69) is 15.5 Å². The molecule has 0 radical (unpaired) electrons. The van der Waals surface area contributed by atoms with E-state index >= 15 is 0 Å². The van der Waals surface area contributed by atoms with Crippen molar-refractivity contribution in [3.05, 3.63) is 100 Å². The van der Waals surface area contributed by atoms with Crippen molar-refractivity contribution in [2.45, 2.75) is 0 Å². The predicted molar refractivity (Wildman–Crippen MR) is 122 cm³/mol. The number of carbonyl (C=O) groups is 1. The zero-order valence-corrected chi connectivity index (χ0v) is 17.1. The first-order chi connectivity index (χ1) is 15.5. The Labute approximate surface area is 183 Å². The Morgan fingerprint density at radius 2 is 1.88 bits per heavy atom. The number of hydrogen-bond donors (Lipinski definition) is 1. The summed E-state index contributed by atoms with van der Waals surface area (Å²) in [7, 11) is 1.55. The van der Waals surface area contributed by atoms with E-state index in [4.69, 9.17) is 4.74 Å². The zero-order valence-electron chi connectivity index (χ0n) is 17.1. The Morgan fingerprint density at radius 3 is 2.62 bits per heavy atom. The van der Waals surface area contributed by atoms with Crippen molar-refractivity contribution in [1.29, 1.82) is 0 Å². The van der Waals surface area contributed by atoms with Crippen LogP contribution in [0.15, 0.2) is 84.0 Å². The molecule has 4 rings (SSSR count). The molecular weight excluding hydrogens is 408 g/mol. The van der Waals surface area contributed by atoms with Gasteiger partial charge in [0.25, 0.3) is 11.6 Å². The highest BCUT2D eigenvalue weighted by molar-refractivity contribution is 6.07. The Bertz CT molecular complexity index is 1340. The summed E-state index contributed by atoms with van der Waals surface area (Å²) < 4.78 is 5.30. The van der Waals surface area contributed by atoms with Crippen molar-refractivity contribution in [2.24, 2.45) is 5.10 Å². The molecule has 0 saturated heterocycles. The van der Waals surface area contributed by atoms with Crippen molar-refractivity contribution in [3.63, 3.8) is 0 Å². The Morgan fingerprint density at radius 1 is 1.06 bits per heavy atom. The molecule has 1 heterocycles. The van der Waals surface area contributed by atoms with Crippen LogP contribution in [0.2, 0.25) is 0 Å². The van der Waals surface area contributed by atoms with Crippen molar-refractivity contribution < 1.29 is 14.5 Å². The number of nitrogens with zero attached hydrogens (tertiary/aromatic N) is 3. The quantitative estimate of drug-likeness (QED) is 0.276. The number of benzene rings is 3. The number of methoxy groups -OCH3 is 1. The SMILES string of the molecule is COc1ccc2nc(-c3ccccc3)cc(C(=O)NN=Cc3cccc([N+](=O)[O-])c3)c2c1. The molecule has 158 valence electrons. The average Bonchev–Trinajstić information content (AvgIpc) is 2.83. The van der Waals surface area contributed by atoms with Gasteiger partial charge in [0.2, 0.25) is 0 Å². The molecule has 0 atom stereocenters. The van der Waals surface area contributed by atoms with E-state index in [1.807, 2.05) is 30.3 Å². The number of nitrogens with one attached hydrogen (secondary N) is 1. The van der Waals surface area contributed by atoms with Gasteiger partial charge in [0.05, 0.1) is 35.0 Å². The number of ether oxygens (including phenoxy) is 1. The second-order valence-corrected chi connectivity index (χ2v) is 6.86. The van der Waals surface area contributed by atoms with Crippen LogP contribution in [0, 0.1) is 10.1 Å². The Kier molecular flexibility index (Phi) is 5.85. The van der Waals surface area contributed by atoms with E-state index in [0.29, 0.717) is 33.5 Å². The minimum Gasteiger partial charge on any atom is -0.497 e. The first-order valence-electron chi connectivity index (χ1n) is 9.67. The van der Waals surface area contributed by atoms with E-state index in [1.165, 1.54) is 18.3 Å². The van der Waals surface area contributed by atoms with Crippen LogP contribution in [0.3, 0.4) is 0 Å². The number of nitro groups is 1. The van der Waals surface area contributed by atoms with Gasteiger partial charge in [-0.3, -0.25) is 14.9 Å². The minimum atomic E-state index is -0.489. The van der Waals surface area contributed by atoms with Gasteiger partial charge >= 0.3 is 0 Å². The third kappa shape index (κ3) is 4.44. The van der Waals surface area contributed by atoms with Gasteiger partial charge in [-0.25, -0.2) is 10.4 Å². The number of nitro benzene ring substituents is 1. The number of carbonyl (C=O) groups excluding carboxylic acids is 1. The number of aromatic nitrogens is 1. The second kappa shape index (κ2) is 9.05. The van der Waals surface area contributed by atoms with Crippen LogP contribution in [0.4, 0.5) is 5.69 Å². The molecule has 0 bridgehead atoms. The molecule has 0 unspecified atom stereocenters. The van der Waals surface area contributed by atoms with Gasteiger partial charge in [-0.05, 0) is 24.3 Å². The van der Waals surface area contributed by atoms with Crippen LogP contribution in [0.5, 0.6) is 5.75 Å². The molecule has 0 aliphatic heterocycles. The molecule has 1 N–H and O–H groups in total. The molecule has 8 nitrogen and oxygen atoms in total. The molecule has 0 saturated carbocycles. The predicted octanol–water partition coefficient (Wildman–Crippen LogP) is 4.58. The Balaban J connectivity index is 1.69. The number of rotatable bonds is 6. The van der Waals surface area contributed by atoms with E-state index < -0.39 is 10.8 Å². The Hall–Kier alpha value is -4.59. The number of pyridine rings is 1. The summed E-state index contributed by atoms with van der Waals surface area (Å²) in [4.78, 5) is 28.1. The summed E-state index contributed by atoms with van der Waals surface area (Å²) in [5, 5.41) is 15.5. The first kappa shape index (κ1) is 20.7. The van der Waals surface area contributed by atoms with E-state index in [0.717, 1.165) is 5.56 Å². The molecule has 0 aliphatic carbocycles. The highest BCUT2D eigenvalue weighted by Gasteiger charge is 2.15. The van der Waals surface area contributed by atoms with Crippen LogP contribution in [-0.2, 0) is 0 Å². The minimum absolute atomic E-state index is 0.0556. The average molecular weight is 426 g/mol. The van der Waals surface area contributed by atoms with Crippen LogP contribution in [-0.4, -0.2) is 29.1 Å². The van der Waals surface area contributed by atoms with E-state index in [-0.39, 0.29) is 5.69 Å². The topological polar surface area (TPSA) is 107 Å². The molecule has 1 amide bonds. The molecule has 3 aromatic carbocycles. The van der Waals surface area contributed by atoms with Crippen molar-refractivity contribution in [2.75, 3.05) is 7.11 Å². The summed E-state index contributed by atoms with van der Waals surface area (Å²) in [5.74, 6) is 0.158. The maximum Gasteiger partial charge on any atom is 0.272 e. The zero-order chi connectivity index (χ0) is 22.5. The highest BCUT2D eigenvalue weighted by atomic mass is 16.6. The fourth-order valence-corrected chi connectivity index (χ4v) is 3.22. The third-order valence-electron chi connectivity index (χ3n) is 4.79. The molecule has 0 aliphatic rings. The molecule has 8 heteroatoms. The lowest BCUT2D eigenvalue weighted by Crippen LogP contribution is -2.18. The van der Waals surface area contributed by atoms with Gasteiger partial charge in [0.15, 0.2) is 0 Å². The lowest BCUT2D eigenvalue weighted by Gasteiger charge is -2.10. The lowest BCUT2D eigenvalue weighted by molar-refractivity contribution is -0.384. The van der Waals surface area contributed by atoms with Crippen LogP contribution in [0.25, 0.3) is 22.2 Å². The monoisotopic (exact) mass is 426 g/mol.